The van der Waals surface area contributed by atoms with Crippen molar-refractivity contribution in [2.24, 2.45) is 11.8 Å². The number of rotatable bonds is 7. The normalized spacial score (nSPS) is 20.1. The van der Waals surface area contributed by atoms with Gasteiger partial charge in [0, 0.05) is 5.92 Å². The molecule has 1 rings (SSSR count). The van der Waals surface area contributed by atoms with Crippen molar-refractivity contribution in [1.29, 1.82) is 0 Å². The highest BCUT2D eigenvalue weighted by Crippen LogP contribution is 2.31. The van der Waals surface area contributed by atoms with Crippen LogP contribution in [0.3, 0.4) is 0 Å². The molecule has 15 heavy (non-hydrogen) atoms. The van der Waals surface area contributed by atoms with Crippen molar-refractivity contribution in [1.82, 2.24) is 0 Å². The summed E-state index contributed by atoms with van der Waals surface area (Å²) in [6, 6.07) is 0. The van der Waals surface area contributed by atoms with Gasteiger partial charge in [0.2, 0.25) is 0 Å². The number of hydrogen-bond acceptors (Lipinski definition) is 1. The quantitative estimate of drug-likeness (QED) is 0.451. The van der Waals surface area contributed by atoms with Gasteiger partial charge in [-0.25, -0.2) is 0 Å². The fourth-order valence-corrected chi connectivity index (χ4v) is 2.78. The van der Waals surface area contributed by atoms with Crippen molar-refractivity contribution in [3.63, 3.8) is 0 Å². The third-order valence-electron chi connectivity index (χ3n) is 3.82. The minimum atomic E-state index is 0.377. The van der Waals surface area contributed by atoms with Crippen LogP contribution < -0.4 is 0 Å². The van der Waals surface area contributed by atoms with Gasteiger partial charge in [0.15, 0.2) is 0 Å². The van der Waals surface area contributed by atoms with Gasteiger partial charge in [-0.15, -0.1) is 0 Å². The van der Waals surface area contributed by atoms with E-state index < -0.39 is 0 Å². The van der Waals surface area contributed by atoms with Crippen LogP contribution in [0.15, 0.2) is 0 Å². The molecular weight excluding hydrogens is 184 g/mol. The molecule has 0 aromatic rings. The SMILES string of the molecule is CCCCCCC(C=O)C1CCCCC1. The second-order valence-corrected chi connectivity index (χ2v) is 5.05. The van der Waals surface area contributed by atoms with Gasteiger partial charge in [0.25, 0.3) is 0 Å². The van der Waals surface area contributed by atoms with Gasteiger partial charge in [-0.05, 0) is 25.2 Å². The van der Waals surface area contributed by atoms with Crippen molar-refractivity contribution < 1.29 is 4.79 Å². The van der Waals surface area contributed by atoms with Crippen molar-refractivity contribution in [2.45, 2.75) is 71.1 Å². The molecule has 1 unspecified atom stereocenters. The zero-order chi connectivity index (χ0) is 10.9. The Labute approximate surface area is 94.6 Å². The van der Waals surface area contributed by atoms with E-state index in [2.05, 4.69) is 6.92 Å². The first-order valence-electron chi connectivity index (χ1n) is 6.83. The zero-order valence-corrected chi connectivity index (χ0v) is 10.2. The van der Waals surface area contributed by atoms with Crippen LogP contribution in [0.25, 0.3) is 0 Å². The summed E-state index contributed by atoms with van der Waals surface area (Å²) in [5.41, 5.74) is 0. The molecule has 0 aliphatic heterocycles. The second kappa shape index (κ2) is 7.90. The third kappa shape index (κ3) is 4.81. The monoisotopic (exact) mass is 210 g/mol. The van der Waals surface area contributed by atoms with E-state index in [-0.39, 0.29) is 0 Å². The molecule has 0 heterocycles. The molecule has 1 fully saturated rings. The summed E-state index contributed by atoms with van der Waals surface area (Å²) in [5.74, 6) is 1.10. The first kappa shape index (κ1) is 12.7. The van der Waals surface area contributed by atoms with Gasteiger partial charge in [-0.3, -0.25) is 0 Å². The lowest BCUT2D eigenvalue weighted by Crippen LogP contribution is -2.19. The van der Waals surface area contributed by atoms with Crippen molar-refractivity contribution in [3.05, 3.63) is 0 Å². The predicted octanol–water partition coefficient (Wildman–Crippen LogP) is 4.35. The topological polar surface area (TPSA) is 17.1 Å². The molecule has 1 aliphatic rings. The number of aldehydes is 1. The van der Waals surface area contributed by atoms with Crippen LogP contribution >= 0.6 is 0 Å². The minimum Gasteiger partial charge on any atom is -0.303 e. The fraction of sp³-hybridized carbons (Fsp3) is 0.929. The molecule has 0 amide bonds. The lowest BCUT2D eigenvalue weighted by atomic mass is 9.78. The van der Waals surface area contributed by atoms with Crippen LogP contribution in [-0.2, 0) is 4.79 Å². The molecule has 0 aromatic carbocycles. The molecule has 0 N–H and O–H groups in total. The highest BCUT2D eigenvalue weighted by Gasteiger charge is 2.22. The van der Waals surface area contributed by atoms with E-state index in [1.54, 1.807) is 0 Å². The number of carbonyl (C=O) groups is 1. The van der Waals surface area contributed by atoms with Gasteiger partial charge in [-0.1, -0.05) is 51.9 Å². The standard InChI is InChI=1S/C14H26O/c1-2-3-4-6-11-14(12-15)13-9-7-5-8-10-13/h12-14H,2-11H2,1H3. The van der Waals surface area contributed by atoms with Gasteiger partial charge in [0.05, 0.1) is 0 Å². The predicted molar refractivity (Wildman–Crippen MR) is 64.9 cm³/mol. The van der Waals surface area contributed by atoms with Crippen LogP contribution in [-0.4, -0.2) is 6.29 Å². The Morgan fingerprint density at radius 3 is 2.47 bits per heavy atom. The molecule has 0 saturated heterocycles. The summed E-state index contributed by atoms with van der Waals surface area (Å²) < 4.78 is 0. The Hall–Kier alpha value is -0.330. The summed E-state index contributed by atoms with van der Waals surface area (Å²) >= 11 is 0. The molecule has 1 saturated carbocycles. The average Bonchev–Trinajstić information content (AvgIpc) is 2.30. The fourth-order valence-electron chi connectivity index (χ4n) is 2.78. The molecule has 88 valence electrons. The van der Waals surface area contributed by atoms with E-state index >= 15 is 0 Å². The minimum absolute atomic E-state index is 0.377. The highest BCUT2D eigenvalue weighted by atomic mass is 16.1. The van der Waals surface area contributed by atoms with E-state index in [4.69, 9.17) is 0 Å². The Kier molecular flexibility index (Phi) is 6.71. The lowest BCUT2D eigenvalue weighted by Gasteiger charge is -2.26. The Bertz CT molecular complexity index is 159. The number of unbranched alkanes of at least 4 members (excludes halogenated alkanes) is 3. The maximum Gasteiger partial charge on any atom is 0.123 e. The first-order valence-corrected chi connectivity index (χ1v) is 6.83. The van der Waals surface area contributed by atoms with E-state index in [1.807, 2.05) is 0 Å². The third-order valence-corrected chi connectivity index (χ3v) is 3.82. The van der Waals surface area contributed by atoms with Gasteiger partial charge in [-0.2, -0.15) is 0 Å². The number of carbonyl (C=O) groups excluding carboxylic acids is 1. The first-order chi connectivity index (χ1) is 7.38. The van der Waals surface area contributed by atoms with Crippen LogP contribution in [0.2, 0.25) is 0 Å². The van der Waals surface area contributed by atoms with Crippen molar-refractivity contribution in [2.75, 3.05) is 0 Å². The Balaban J connectivity index is 2.18. The number of hydrogen-bond donors (Lipinski definition) is 0. The zero-order valence-electron chi connectivity index (χ0n) is 10.2. The molecule has 0 aromatic heterocycles. The molecule has 1 heteroatoms. The summed E-state index contributed by atoms with van der Waals surface area (Å²) in [5, 5.41) is 0. The average molecular weight is 210 g/mol. The van der Waals surface area contributed by atoms with E-state index in [0.717, 1.165) is 12.3 Å². The molecule has 1 atom stereocenters. The van der Waals surface area contributed by atoms with Gasteiger partial charge >= 0.3 is 0 Å². The van der Waals surface area contributed by atoms with E-state index in [1.165, 1.54) is 64.1 Å². The Morgan fingerprint density at radius 1 is 1.13 bits per heavy atom. The lowest BCUT2D eigenvalue weighted by molar-refractivity contribution is -0.113. The summed E-state index contributed by atoms with van der Waals surface area (Å²) in [6.45, 7) is 2.23. The van der Waals surface area contributed by atoms with Crippen LogP contribution in [0, 0.1) is 11.8 Å². The van der Waals surface area contributed by atoms with Crippen molar-refractivity contribution >= 4 is 6.29 Å². The smallest absolute Gasteiger partial charge is 0.123 e. The van der Waals surface area contributed by atoms with Crippen molar-refractivity contribution in [3.8, 4) is 0 Å². The molecule has 0 spiro atoms. The highest BCUT2D eigenvalue weighted by molar-refractivity contribution is 5.53. The van der Waals surface area contributed by atoms with Crippen LogP contribution in [0.1, 0.15) is 71.1 Å². The summed E-state index contributed by atoms with van der Waals surface area (Å²) in [4.78, 5) is 11.1. The van der Waals surface area contributed by atoms with E-state index in [0.29, 0.717) is 5.92 Å². The maximum atomic E-state index is 11.1. The van der Waals surface area contributed by atoms with Gasteiger partial charge < -0.3 is 4.79 Å². The molecular formula is C14H26O. The second-order valence-electron chi connectivity index (χ2n) is 5.05. The molecule has 1 nitrogen and oxygen atoms in total. The Morgan fingerprint density at radius 2 is 1.87 bits per heavy atom. The van der Waals surface area contributed by atoms with Crippen LogP contribution in [0.4, 0.5) is 0 Å². The molecule has 0 bridgehead atoms. The summed E-state index contributed by atoms with van der Waals surface area (Å²) in [6.07, 6.45) is 14.3. The van der Waals surface area contributed by atoms with Gasteiger partial charge in [0.1, 0.15) is 6.29 Å². The molecule has 0 radical (unpaired) electrons. The van der Waals surface area contributed by atoms with Crippen LogP contribution in [0.5, 0.6) is 0 Å². The largest absolute Gasteiger partial charge is 0.303 e. The molecule has 1 aliphatic carbocycles. The maximum absolute atomic E-state index is 11.1. The summed E-state index contributed by atoms with van der Waals surface area (Å²) in [7, 11) is 0. The van der Waals surface area contributed by atoms with E-state index in [9.17, 15) is 4.79 Å².